The Hall–Kier alpha value is -1.70. The van der Waals surface area contributed by atoms with E-state index in [-0.39, 0.29) is 0 Å². The van der Waals surface area contributed by atoms with Gasteiger partial charge in [0, 0.05) is 18.0 Å². The van der Waals surface area contributed by atoms with Gasteiger partial charge in [-0.25, -0.2) is 9.97 Å². The van der Waals surface area contributed by atoms with Gasteiger partial charge >= 0.3 is 0 Å². The molecule has 1 aromatic heterocycles. The molecule has 0 unspecified atom stereocenters. The summed E-state index contributed by atoms with van der Waals surface area (Å²) in [5, 5.41) is 0. The number of aromatic nitrogens is 2. The first-order valence-electron chi connectivity index (χ1n) is 13.7. The quantitative estimate of drug-likeness (QED) is 0.277. The zero-order valence-corrected chi connectivity index (χ0v) is 20.8. The highest BCUT2D eigenvalue weighted by molar-refractivity contribution is 5.55. The van der Waals surface area contributed by atoms with E-state index >= 15 is 0 Å². The van der Waals surface area contributed by atoms with Crippen molar-refractivity contribution in [2.75, 3.05) is 0 Å². The molecule has 1 fully saturated rings. The number of hydrogen-bond acceptors (Lipinski definition) is 2. The molecular formula is C30H46N2. The number of aryl methyl sites for hydroxylation is 2. The second-order valence-corrected chi connectivity index (χ2v) is 10.2. The first-order valence-corrected chi connectivity index (χ1v) is 13.7. The minimum Gasteiger partial charge on any atom is -0.236 e. The summed E-state index contributed by atoms with van der Waals surface area (Å²) < 4.78 is 0. The van der Waals surface area contributed by atoms with E-state index in [9.17, 15) is 0 Å². The molecule has 2 nitrogen and oxygen atoms in total. The molecule has 0 aliphatic heterocycles. The van der Waals surface area contributed by atoms with Crippen molar-refractivity contribution in [1.29, 1.82) is 0 Å². The Bertz CT molecular complexity index is 726. The van der Waals surface area contributed by atoms with Crippen LogP contribution in [0.3, 0.4) is 0 Å². The van der Waals surface area contributed by atoms with Crippen LogP contribution >= 0.6 is 0 Å². The fraction of sp³-hybridized carbons (Fsp3) is 0.667. The lowest BCUT2D eigenvalue weighted by Gasteiger charge is -2.28. The summed E-state index contributed by atoms with van der Waals surface area (Å²) in [6, 6.07) is 8.99. The molecule has 0 bridgehead atoms. The van der Waals surface area contributed by atoms with Crippen LogP contribution in [0.1, 0.15) is 115 Å². The van der Waals surface area contributed by atoms with Crippen LogP contribution in [-0.4, -0.2) is 9.97 Å². The van der Waals surface area contributed by atoms with E-state index in [1.165, 1.54) is 107 Å². The SMILES string of the molecule is CCCCCCCCc1cnc(-c2ccc(CCC3CCC(CCCC)CC3)cc2)nc1. The molecular weight excluding hydrogens is 388 g/mol. The maximum atomic E-state index is 4.64. The minimum absolute atomic E-state index is 0.855. The third kappa shape index (κ3) is 8.68. The molecule has 1 aromatic carbocycles. The highest BCUT2D eigenvalue weighted by atomic mass is 14.9. The topological polar surface area (TPSA) is 25.8 Å². The summed E-state index contributed by atoms with van der Waals surface area (Å²) in [4.78, 5) is 9.29. The fourth-order valence-electron chi connectivity index (χ4n) is 5.24. The molecule has 0 spiro atoms. The van der Waals surface area contributed by atoms with E-state index in [1.54, 1.807) is 0 Å². The van der Waals surface area contributed by atoms with E-state index in [2.05, 4.69) is 48.1 Å². The number of hydrogen-bond donors (Lipinski definition) is 0. The van der Waals surface area contributed by atoms with Crippen molar-refractivity contribution < 1.29 is 0 Å². The number of nitrogens with zero attached hydrogens (tertiary/aromatic N) is 2. The van der Waals surface area contributed by atoms with Crippen molar-refractivity contribution in [3.8, 4) is 11.4 Å². The summed E-state index contributed by atoms with van der Waals surface area (Å²) in [5.74, 6) is 2.81. The van der Waals surface area contributed by atoms with Gasteiger partial charge in [-0.3, -0.25) is 0 Å². The molecule has 0 amide bonds. The Labute approximate surface area is 197 Å². The van der Waals surface area contributed by atoms with E-state index in [1.807, 2.05) is 12.4 Å². The zero-order valence-electron chi connectivity index (χ0n) is 20.8. The second kappa shape index (κ2) is 14.4. The summed E-state index contributed by atoms with van der Waals surface area (Å²) in [6.07, 6.45) is 25.8. The Kier molecular flexibility index (Phi) is 11.3. The molecule has 32 heavy (non-hydrogen) atoms. The van der Waals surface area contributed by atoms with Crippen molar-refractivity contribution in [2.24, 2.45) is 11.8 Å². The first-order chi connectivity index (χ1) is 15.8. The molecule has 2 heteroatoms. The van der Waals surface area contributed by atoms with Crippen LogP contribution in [0.5, 0.6) is 0 Å². The van der Waals surface area contributed by atoms with Crippen molar-refractivity contribution >= 4 is 0 Å². The highest BCUT2D eigenvalue weighted by Crippen LogP contribution is 2.34. The highest BCUT2D eigenvalue weighted by Gasteiger charge is 2.20. The molecule has 1 aliphatic rings. The van der Waals surface area contributed by atoms with Gasteiger partial charge in [0.25, 0.3) is 0 Å². The van der Waals surface area contributed by atoms with Crippen molar-refractivity contribution in [1.82, 2.24) is 9.97 Å². The molecule has 176 valence electrons. The van der Waals surface area contributed by atoms with Crippen LogP contribution in [0.4, 0.5) is 0 Å². The average molecular weight is 435 g/mol. The van der Waals surface area contributed by atoms with Crippen molar-refractivity contribution in [2.45, 2.75) is 117 Å². The summed E-state index contributed by atoms with van der Waals surface area (Å²) >= 11 is 0. The van der Waals surface area contributed by atoms with Gasteiger partial charge in [0.15, 0.2) is 5.82 Å². The van der Waals surface area contributed by atoms with Crippen LogP contribution in [-0.2, 0) is 12.8 Å². The third-order valence-electron chi connectivity index (χ3n) is 7.51. The summed E-state index contributed by atoms with van der Waals surface area (Å²) in [6.45, 7) is 4.59. The van der Waals surface area contributed by atoms with Crippen LogP contribution in [0.25, 0.3) is 11.4 Å². The molecule has 1 saturated carbocycles. The van der Waals surface area contributed by atoms with Gasteiger partial charge in [-0.2, -0.15) is 0 Å². The third-order valence-corrected chi connectivity index (χ3v) is 7.51. The van der Waals surface area contributed by atoms with Crippen molar-refractivity contribution in [3.05, 3.63) is 47.8 Å². The van der Waals surface area contributed by atoms with Gasteiger partial charge in [-0.15, -0.1) is 0 Å². The van der Waals surface area contributed by atoms with E-state index in [0.29, 0.717) is 0 Å². The van der Waals surface area contributed by atoms with Gasteiger partial charge in [0.1, 0.15) is 0 Å². The Morgan fingerprint density at radius 1 is 0.625 bits per heavy atom. The van der Waals surface area contributed by atoms with Gasteiger partial charge in [-0.05, 0) is 48.6 Å². The number of unbranched alkanes of at least 4 members (excludes halogenated alkanes) is 6. The average Bonchev–Trinajstić information content (AvgIpc) is 2.85. The first kappa shape index (κ1) is 24.9. The normalized spacial score (nSPS) is 18.7. The standard InChI is InChI=1S/C30H46N2/c1-3-5-7-8-9-10-12-28-23-31-30(32-24-28)29-21-19-27(20-22-29)18-17-26-15-13-25(14-16-26)11-6-4-2/h19-26H,3-18H2,1-2H3. The number of benzene rings is 1. The fourth-order valence-corrected chi connectivity index (χ4v) is 5.24. The monoisotopic (exact) mass is 434 g/mol. The molecule has 1 heterocycles. The van der Waals surface area contributed by atoms with E-state index in [0.717, 1.165) is 29.6 Å². The van der Waals surface area contributed by atoms with Crippen LogP contribution in [0, 0.1) is 11.8 Å². The Morgan fingerprint density at radius 2 is 1.22 bits per heavy atom. The smallest absolute Gasteiger partial charge is 0.159 e. The zero-order chi connectivity index (χ0) is 22.4. The molecule has 3 rings (SSSR count). The van der Waals surface area contributed by atoms with Crippen LogP contribution in [0.2, 0.25) is 0 Å². The lowest BCUT2D eigenvalue weighted by molar-refractivity contribution is 0.250. The molecule has 2 aromatic rings. The maximum Gasteiger partial charge on any atom is 0.159 e. The second-order valence-electron chi connectivity index (χ2n) is 10.2. The lowest BCUT2D eigenvalue weighted by Crippen LogP contribution is -2.15. The molecule has 0 radical (unpaired) electrons. The Balaban J connectivity index is 1.38. The summed E-state index contributed by atoms with van der Waals surface area (Å²) in [5.41, 5.74) is 3.86. The summed E-state index contributed by atoms with van der Waals surface area (Å²) in [7, 11) is 0. The van der Waals surface area contributed by atoms with Gasteiger partial charge in [-0.1, -0.05) is 115 Å². The molecule has 1 aliphatic carbocycles. The largest absolute Gasteiger partial charge is 0.236 e. The van der Waals surface area contributed by atoms with Crippen LogP contribution in [0.15, 0.2) is 36.7 Å². The van der Waals surface area contributed by atoms with Crippen molar-refractivity contribution in [3.63, 3.8) is 0 Å². The van der Waals surface area contributed by atoms with Gasteiger partial charge in [0.05, 0.1) is 0 Å². The molecule has 0 atom stereocenters. The van der Waals surface area contributed by atoms with E-state index < -0.39 is 0 Å². The predicted molar refractivity (Wildman–Crippen MR) is 138 cm³/mol. The van der Waals surface area contributed by atoms with Crippen LogP contribution < -0.4 is 0 Å². The van der Waals surface area contributed by atoms with Gasteiger partial charge < -0.3 is 0 Å². The number of rotatable bonds is 14. The Morgan fingerprint density at radius 3 is 1.88 bits per heavy atom. The predicted octanol–water partition coefficient (Wildman–Crippen LogP) is 8.98. The lowest BCUT2D eigenvalue weighted by atomic mass is 9.78. The van der Waals surface area contributed by atoms with Gasteiger partial charge in [0.2, 0.25) is 0 Å². The molecule has 0 saturated heterocycles. The maximum absolute atomic E-state index is 4.64. The van der Waals surface area contributed by atoms with E-state index in [4.69, 9.17) is 0 Å². The molecule has 0 N–H and O–H groups in total. The minimum atomic E-state index is 0.855.